The van der Waals surface area contributed by atoms with Gasteiger partial charge in [-0.1, -0.05) is 48.4 Å². The molecule has 9 N–H and O–H groups in total. The number of halogens is 1. The Balaban J connectivity index is 0.00000869. The summed E-state index contributed by atoms with van der Waals surface area (Å²) in [5.41, 5.74) is 21.3. The van der Waals surface area contributed by atoms with Crippen molar-refractivity contribution in [1.29, 1.82) is 0 Å². The highest BCUT2D eigenvalue weighted by Crippen LogP contribution is 2.26. The van der Waals surface area contributed by atoms with Crippen LogP contribution in [-0.2, 0) is 30.2 Å². The van der Waals surface area contributed by atoms with Crippen LogP contribution >= 0.6 is 12.4 Å². The number of aliphatic hydroxyl groups is 1. The topological polar surface area (TPSA) is 301 Å². The molecule has 0 unspecified atom stereocenters. The van der Waals surface area contributed by atoms with E-state index in [0.29, 0.717) is 146 Å². The SMILES string of the molecule is C#CCOCCOCCOCCNc1nc(N2CCN(C(=O)[C@H](CCCCN)n3cc([C@@H](N)CO)nn3)CC2)nc(N2CCN(C(=O)[C@H](Cc3cc4ccccc4[nH]3)n3cc([C@@H](N)CC(C)C)nn3)CC2)n1.Cl. The molecule has 2 saturated heterocycles. The smallest absolute Gasteiger partial charge is 0.248 e. The molecule has 4 atom stereocenters. The first-order chi connectivity index (χ1) is 35.0. The van der Waals surface area contributed by atoms with Gasteiger partial charge in [0.1, 0.15) is 24.4 Å². The van der Waals surface area contributed by atoms with Crippen LogP contribution in [0.5, 0.6) is 0 Å². The fraction of sp³-hybridized carbons (Fsp3) is 0.604. The van der Waals surface area contributed by atoms with E-state index in [1.165, 1.54) is 0 Å². The summed E-state index contributed by atoms with van der Waals surface area (Å²) in [6, 6.07) is 7.85. The Morgan fingerprint density at radius 2 is 1.37 bits per heavy atom. The van der Waals surface area contributed by atoms with Gasteiger partial charge < -0.3 is 66.4 Å². The van der Waals surface area contributed by atoms with Crippen LogP contribution in [-0.4, -0.2) is 188 Å². The van der Waals surface area contributed by atoms with Gasteiger partial charge in [-0.3, -0.25) is 9.59 Å². The molecule has 2 amide bonds. The summed E-state index contributed by atoms with van der Waals surface area (Å²) >= 11 is 0. The Labute approximate surface area is 432 Å². The number of ether oxygens (including phenoxy) is 3. The lowest BCUT2D eigenvalue weighted by molar-refractivity contribution is -0.136. The van der Waals surface area contributed by atoms with Crippen molar-refractivity contribution in [3.63, 3.8) is 0 Å². The Morgan fingerprint density at radius 3 is 1.96 bits per heavy atom. The molecule has 4 aromatic heterocycles. The lowest BCUT2D eigenvalue weighted by atomic mass is 10.0. The number of piperazine rings is 2. The van der Waals surface area contributed by atoms with E-state index in [9.17, 15) is 14.7 Å². The maximum atomic E-state index is 14.6. The number of H-pyrrole nitrogens is 1. The predicted octanol–water partition coefficient (Wildman–Crippen LogP) is 1.24. The fourth-order valence-electron chi connectivity index (χ4n) is 8.74. The second-order valence-corrected chi connectivity index (χ2v) is 18.5. The van der Waals surface area contributed by atoms with Crippen molar-refractivity contribution in [3.8, 4) is 12.3 Å². The van der Waals surface area contributed by atoms with Gasteiger partial charge in [0, 0.05) is 76.5 Å². The van der Waals surface area contributed by atoms with Gasteiger partial charge in [-0.05, 0) is 55.7 Å². The van der Waals surface area contributed by atoms with Crippen molar-refractivity contribution in [1.82, 2.24) is 59.7 Å². The Kier molecular flexibility index (Phi) is 21.9. The fourth-order valence-corrected chi connectivity index (χ4v) is 8.74. The minimum atomic E-state index is -0.700. The number of hydrogen-bond donors (Lipinski definition) is 6. The van der Waals surface area contributed by atoms with Gasteiger partial charge in [-0.2, -0.15) is 15.0 Å². The van der Waals surface area contributed by atoms with E-state index in [-0.39, 0.29) is 43.5 Å². The highest BCUT2D eigenvalue weighted by atomic mass is 35.5. The number of nitrogens with zero attached hydrogens (tertiary/aromatic N) is 13. The number of para-hydroxylation sites is 1. The first-order valence-corrected chi connectivity index (χ1v) is 25.0. The molecule has 7 rings (SSSR count). The van der Waals surface area contributed by atoms with E-state index >= 15 is 0 Å². The third-order valence-electron chi connectivity index (χ3n) is 12.7. The number of nitrogens with one attached hydrogen (secondary N) is 2. The molecular formula is C48H73ClN18O6. The van der Waals surface area contributed by atoms with Gasteiger partial charge in [-0.15, -0.1) is 29.0 Å². The molecule has 24 nitrogen and oxygen atoms in total. The maximum absolute atomic E-state index is 14.6. The highest BCUT2D eigenvalue weighted by molar-refractivity contribution is 5.85. The van der Waals surface area contributed by atoms with E-state index in [4.69, 9.17) is 52.8 Å². The maximum Gasteiger partial charge on any atom is 0.248 e. The van der Waals surface area contributed by atoms with Crippen LogP contribution in [0.1, 0.15) is 80.8 Å². The molecule has 73 heavy (non-hydrogen) atoms. The van der Waals surface area contributed by atoms with Crippen molar-refractivity contribution < 1.29 is 28.9 Å². The molecule has 0 spiro atoms. The van der Waals surface area contributed by atoms with Gasteiger partial charge in [-0.25, -0.2) is 9.36 Å². The minimum Gasteiger partial charge on any atom is -0.394 e. The number of aliphatic hydroxyl groups excluding tert-OH is 1. The van der Waals surface area contributed by atoms with E-state index in [0.717, 1.165) is 35.9 Å². The number of amides is 2. The second kappa shape index (κ2) is 28.4. The Morgan fingerprint density at radius 1 is 0.795 bits per heavy atom. The van der Waals surface area contributed by atoms with Crippen LogP contribution < -0.4 is 32.3 Å². The molecule has 2 aliphatic rings. The minimum absolute atomic E-state index is 0. The molecule has 25 heteroatoms. The normalized spacial score (nSPS) is 15.8. The van der Waals surface area contributed by atoms with Gasteiger partial charge in [0.2, 0.25) is 29.7 Å². The average Bonchev–Trinajstić information content (AvgIpc) is 4.19. The van der Waals surface area contributed by atoms with Crippen molar-refractivity contribution in [3.05, 3.63) is 59.8 Å². The van der Waals surface area contributed by atoms with Crippen LogP contribution in [0.25, 0.3) is 10.9 Å². The number of unbranched alkanes of at least 4 members (excludes halogenated alkanes) is 1. The molecule has 0 saturated carbocycles. The van der Waals surface area contributed by atoms with Crippen molar-refractivity contribution >= 4 is 53.0 Å². The van der Waals surface area contributed by atoms with Crippen LogP contribution in [0, 0.1) is 18.3 Å². The van der Waals surface area contributed by atoms with Gasteiger partial charge in [0.15, 0.2) is 0 Å². The number of terminal acetylenes is 1. The molecule has 0 bridgehead atoms. The number of benzene rings is 1. The lowest BCUT2D eigenvalue weighted by Crippen LogP contribution is -2.52. The molecule has 0 aliphatic carbocycles. The zero-order valence-corrected chi connectivity index (χ0v) is 42.8. The molecule has 5 aromatic rings. The standard InChI is InChI=1S/C48H72N18O6.ClH/c1-4-22-70-24-26-72-27-25-71-23-13-52-46-54-47(63-18-14-61(15-19-63)44(68)42(11-7-8-12-49)65-32-41(58-59-65)38(51)33-67)56-48(55-46)64-20-16-62(17-21-64)45(69)43(30-36-29-35-9-5-6-10-39(35)53-36)66-31-40(57-60-66)37(50)28-34(2)3;/h1,5-6,9-10,29,31-32,34,37-38,42-43,53,67H,7-8,11-28,30,33,49-51H2,2-3H3,(H,52,54,55,56);1H/t37-,38-,42-,43-;/m0./s1. The number of fused-ring (bicyclic) bond motifs is 1. The zero-order valence-electron chi connectivity index (χ0n) is 42.0. The highest BCUT2D eigenvalue weighted by Gasteiger charge is 2.34. The monoisotopic (exact) mass is 1030 g/mol. The zero-order chi connectivity index (χ0) is 50.8. The van der Waals surface area contributed by atoms with E-state index < -0.39 is 18.1 Å². The Bertz CT molecular complexity index is 2470. The molecule has 2 aliphatic heterocycles. The van der Waals surface area contributed by atoms with Crippen LogP contribution in [0.2, 0.25) is 0 Å². The number of anilines is 3. The summed E-state index contributed by atoms with van der Waals surface area (Å²) in [4.78, 5) is 54.8. The average molecular weight is 1030 g/mol. The first-order valence-electron chi connectivity index (χ1n) is 25.0. The number of hydrogen-bond acceptors (Lipinski definition) is 19. The van der Waals surface area contributed by atoms with E-state index in [1.807, 2.05) is 45.2 Å². The number of rotatable bonds is 28. The first kappa shape index (κ1) is 56.3. The largest absolute Gasteiger partial charge is 0.394 e. The number of carbonyl (C=O) groups is 2. The molecule has 1 aromatic carbocycles. The molecule has 2 fully saturated rings. The molecule has 6 heterocycles. The summed E-state index contributed by atoms with van der Waals surface area (Å²) in [5, 5.41) is 31.2. The van der Waals surface area contributed by atoms with Gasteiger partial charge in [0.25, 0.3) is 0 Å². The molecule has 398 valence electrons. The van der Waals surface area contributed by atoms with E-state index in [1.54, 1.807) is 15.6 Å². The third kappa shape index (κ3) is 15.7. The number of carbonyl (C=O) groups excluding carboxylic acids is 2. The van der Waals surface area contributed by atoms with Gasteiger partial charge in [0.05, 0.1) is 69.8 Å². The van der Waals surface area contributed by atoms with Gasteiger partial charge >= 0.3 is 0 Å². The summed E-state index contributed by atoms with van der Waals surface area (Å²) < 4.78 is 19.8. The second-order valence-electron chi connectivity index (χ2n) is 18.5. The third-order valence-corrected chi connectivity index (χ3v) is 12.7. The number of nitrogens with two attached hydrogens (primary N) is 3. The summed E-state index contributed by atoms with van der Waals surface area (Å²) in [6.07, 6.45) is 11.8. The number of aromatic amines is 1. The van der Waals surface area contributed by atoms with Crippen molar-refractivity contribution in [2.75, 3.05) is 127 Å². The van der Waals surface area contributed by atoms with Crippen LogP contribution in [0.15, 0.2) is 42.7 Å². The summed E-state index contributed by atoms with van der Waals surface area (Å²) in [6.45, 7) is 10.6. The van der Waals surface area contributed by atoms with Crippen LogP contribution in [0.3, 0.4) is 0 Å². The summed E-state index contributed by atoms with van der Waals surface area (Å²) in [5.74, 6) is 3.94. The predicted molar refractivity (Wildman–Crippen MR) is 278 cm³/mol. The van der Waals surface area contributed by atoms with Crippen molar-refractivity contribution in [2.24, 2.45) is 23.1 Å². The van der Waals surface area contributed by atoms with Crippen molar-refractivity contribution in [2.45, 2.75) is 70.1 Å². The quantitative estimate of drug-likeness (QED) is 0.0303. The molecule has 0 radical (unpaired) electrons. The summed E-state index contributed by atoms with van der Waals surface area (Å²) in [7, 11) is 0. The van der Waals surface area contributed by atoms with E-state index in [2.05, 4.69) is 61.7 Å². The Hall–Kier alpha value is -6.04. The lowest BCUT2D eigenvalue weighted by Gasteiger charge is -2.38. The van der Waals surface area contributed by atoms with Crippen LogP contribution in [0.4, 0.5) is 17.8 Å². The molecular weight excluding hydrogens is 960 g/mol. The number of aromatic nitrogens is 10.